The Hall–Kier alpha value is -3.80. The lowest BCUT2D eigenvalue weighted by molar-refractivity contribution is 0.0955. The first-order valence-corrected chi connectivity index (χ1v) is 10.4. The maximum Gasteiger partial charge on any atom is 0.271 e. The minimum atomic E-state index is -0.285. The Labute approximate surface area is 187 Å². The van der Waals surface area contributed by atoms with Crippen molar-refractivity contribution in [1.82, 2.24) is 5.43 Å². The van der Waals surface area contributed by atoms with Crippen molar-refractivity contribution in [3.8, 4) is 17.2 Å². The summed E-state index contributed by atoms with van der Waals surface area (Å²) in [6.07, 6.45) is 1.56. The highest BCUT2D eigenvalue weighted by Gasteiger charge is 2.14. The Morgan fingerprint density at radius 1 is 1.00 bits per heavy atom. The molecule has 6 nitrogen and oxygen atoms in total. The van der Waals surface area contributed by atoms with Gasteiger partial charge in [-0.05, 0) is 64.6 Å². The van der Waals surface area contributed by atoms with Gasteiger partial charge in [0.25, 0.3) is 5.91 Å². The van der Waals surface area contributed by atoms with Crippen LogP contribution in [0.5, 0.6) is 17.2 Å². The van der Waals surface area contributed by atoms with Gasteiger partial charge < -0.3 is 14.2 Å². The maximum absolute atomic E-state index is 12.3. The zero-order valence-electron chi connectivity index (χ0n) is 18.4. The summed E-state index contributed by atoms with van der Waals surface area (Å²) in [6.45, 7) is 7.20. The van der Waals surface area contributed by atoms with E-state index in [1.165, 1.54) is 5.56 Å². The van der Waals surface area contributed by atoms with Crippen LogP contribution in [0.4, 0.5) is 0 Å². The maximum atomic E-state index is 12.3. The highest BCUT2D eigenvalue weighted by Crippen LogP contribution is 2.32. The molecule has 0 atom stereocenters. The molecule has 0 saturated heterocycles. The van der Waals surface area contributed by atoms with Gasteiger partial charge in [-0.2, -0.15) is 5.10 Å². The molecule has 0 aromatic heterocycles. The molecule has 1 amide bonds. The second-order valence-corrected chi connectivity index (χ2v) is 8.57. The van der Waals surface area contributed by atoms with Crippen LogP contribution in [0.3, 0.4) is 0 Å². The molecule has 1 aliphatic heterocycles. The summed E-state index contributed by atoms with van der Waals surface area (Å²) in [5.41, 5.74) is 6.22. The third-order valence-corrected chi connectivity index (χ3v) is 5.12. The fraction of sp³-hybridized carbons (Fsp3) is 0.231. The zero-order valence-corrected chi connectivity index (χ0v) is 18.4. The van der Waals surface area contributed by atoms with Crippen molar-refractivity contribution in [3.05, 3.63) is 89.0 Å². The molecular weight excluding hydrogens is 404 g/mol. The van der Waals surface area contributed by atoms with E-state index in [0.29, 0.717) is 23.7 Å². The van der Waals surface area contributed by atoms with Gasteiger partial charge in [-0.25, -0.2) is 5.43 Å². The van der Waals surface area contributed by atoms with Gasteiger partial charge in [0.2, 0.25) is 6.79 Å². The number of nitrogens with one attached hydrogen (secondary N) is 1. The van der Waals surface area contributed by atoms with E-state index in [2.05, 4.69) is 43.4 Å². The number of hydrazone groups is 1. The third kappa shape index (κ3) is 5.27. The molecule has 4 rings (SSSR count). The lowest BCUT2D eigenvalue weighted by Crippen LogP contribution is -2.17. The van der Waals surface area contributed by atoms with E-state index in [4.69, 9.17) is 14.2 Å². The standard InChI is InChI=1S/C26H26N2O4/c1-26(2,3)21-9-11-22(12-10-21)30-16-18-4-7-20(8-5-18)25(29)28-27-15-19-6-13-23-24(14-19)32-17-31-23/h4-15H,16-17H2,1-3H3,(H,28,29)/b27-15+. The monoisotopic (exact) mass is 430 g/mol. The average Bonchev–Trinajstić information content (AvgIpc) is 3.25. The van der Waals surface area contributed by atoms with Crippen LogP contribution in [0.1, 0.15) is 47.8 Å². The fourth-order valence-corrected chi connectivity index (χ4v) is 3.19. The summed E-state index contributed by atoms with van der Waals surface area (Å²) >= 11 is 0. The van der Waals surface area contributed by atoms with Crippen molar-refractivity contribution < 1.29 is 19.0 Å². The summed E-state index contributed by atoms with van der Waals surface area (Å²) in [5.74, 6) is 1.91. The van der Waals surface area contributed by atoms with E-state index < -0.39 is 0 Å². The number of nitrogens with zero attached hydrogens (tertiary/aromatic N) is 1. The summed E-state index contributed by atoms with van der Waals surface area (Å²) < 4.78 is 16.5. The second-order valence-electron chi connectivity index (χ2n) is 8.57. The molecule has 0 fully saturated rings. The van der Waals surface area contributed by atoms with Crippen molar-refractivity contribution in [2.45, 2.75) is 32.8 Å². The van der Waals surface area contributed by atoms with E-state index in [1.807, 2.05) is 42.5 Å². The number of hydrogen-bond acceptors (Lipinski definition) is 5. The van der Waals surface area contributed by atoms with Crippen LogP contribution in [0.15, 0.2) is 71.8 Å². The minimum absolute atomic E-state index is 0.115. The SMILES string of the molecule is CC(C)(C)c1ccc(OCc2ccc(C(=O)N/N=C/c3ccc4c(c3)OCO4)cc2)cc1. The van der Waals surface area contributed by atoms with E-state index in [-0.39, 0.29) is 18.1 Å². The van der Waals surface area contributed by atoms with Gasteiger partial charge in [0.05, 0.1) is 6.21 Å². The lowest BCUT2D eigenvalue weighted by Gasteiger charge is -2.19. The van der Waals surface area contributed by atoms with Crippen molar-refractivity contribution in [1.29, 1.82) is 0 Å². The van der Waals surface area contributed by atoms with Crippen LogP contribution in [0.2, 0.25) is 0 Å². The molecule has 0 saturated carbocycles. The molecule has 164 valence electrons. The first kappa shape index (κ1) is 21.4. The molecule has 1 aliphatic rings. The van der Waals surface area contributed by atoms with Crippen molar-refractivity contribution >= 4 is 12.1 Å². The Kier molecular flexibility index (Phi) is 6.12. The number of ether oxygens (including phenoxy) is 3. The van der Waals surface area contributed by atoms with Crippen LogP contribution >= 0.6 is 0 Å². The van der Waals surface area contributed by atoms with Gasteiger partial charge in [0.15, 0.2) is 11.5 Å². The zero-order chi connectivity index (χ0) is 22.6. The van der Waals surface area contributed by atoms with Crippen LogP contribution < -0.4 is 19.6 Å². The molecule has 1 N–H and O–H groups in total. The topological polar surface area (TPSA) is 69.2 Å². The molecular formula is C26H26N2O4. The summed E-state index contributed by atoms with van der Waals surface area (Å²) in [5, 5.41) is 4.02. The highest BCUT2D eigenvalue weighted by atomic mass is 16.7. The van der Waals surface area contributed by atoms with Gasteiger partial charge in [-0.15, -0.1) is 0 Å². The molecule has 0 bridgehead atoms. The Balaban J connectivity index is 1.28. The highest BCUT2D eigenvalue weighted by molar-refractivity contribution is 5.95. The van der Waals surface area contributed by atoms with Gasteiger partial charge in [0.1, 0.15) is 12.4 Å². The molecule has 1 heterocycles. The predicted octanol–water partition coefficient (Wildman–Crippen LogP) is 5.06. The summed E-state index contributed by atoms with van der Waals surface area (Å²) in [6, 6.07) is 20.9. The van der Waals surface area contributed by atoms with Gasteiger partial charge >= 0.3 is 0 Å². The molecule has 0 aliphatic carbocycles. The van der Waals surface area contributed by atoms with Crippen LogP contribution in [0, 0.1) is 0 Å². The largest absolute Gasteiger partial charge is 0.489 e. The fourth-order valence-electron chi connectivity index (χ4n) is 3.19. The second kappa shape index (κ2) is 9.14. The van der Waals surface area contributed by atoms with Gasteiger partial charge in [-0.1, -0.05) is 45.0 Å². The van der Waals surface area contributed by atoms with Crippen molar-refractivity contribution in [2.24, 2.45) is 5.10 Å². The van der Waals surface area contributed by atoms with E-state index >= 15 is 0 Å². The van der Waals surface area contributed by atoms with E-state index in [0.717, 1.165) is 16.9 Å². The van der Waals surface area contributed by atoms with Crippen molar-refractivity contribution in [2.75, 3.05) is 6.79 Å². The van der Waals surface area contributed by atoms with E-state index in [1.54, 1.807) is 18.3 Å². The molecule has 32 heavy (non-hydrogen) atoms. The van der Waals surface area contributed by atoms with Crippen molar-refractivity contribution in [3.63, 3.8) is 0 Å². The Morgan fingerprint density at radius 2 is 1.72 bits per heavy atom. The molecule has 6 heteroatoms. The number of rotatable bonds is 6. The third-order valence-electron chi connectivity index (χ3n) is 5.12. The average molecular weight is 431 g/mol. The minimum Gasteiger partial charge on any atom is -0.489 e. The Bertz CT molecular complexity index is 1110. The first-order valence-electron chi connectivity index (χ1n) is 10.4. The number of amides is 1. The smallest absolute Gasteiger partial charge is 0.271 e. The first-order chi connectivity index (χ1) is 15.4. The number of benzene rings is 3. The molecule has 3 aromatic rings. The number of carbonyl (C=O) groups is 1. The number of carbonyl (C=O) groups excluding carboxylic acids is 1. The molecule has 0 radical (unpaired) electrons. The van der Waals surface area contributed by atoms with Gasteiger partial charge in [0, 0.05) is 5.56 Å². The predicted molar refractivity (Wildman–Crippen MR) is 124 cm³/mol. The molecule has 0 unspecified atom stereocenters. The quantitative estimate of drug-likeness (QED) is 0.439. The van der Waals surface area contributed by atoms with Gasteiger partial charge in [-0.3, -0.25) is 4.79 Å². The normalized spacial score (nSPS) is 12.7. The number of fused-ring (bicyclic) bond motifs is 1. The van der Waals surface area contributed by atoms with E-state index in [9.17, 15) is 4.79 Å². The lowest BCUT2D eigenvalue weighted by atomic mass is 9.87. The molecule has 0 spiro atoms. The van der Waals surface area contributed by atoms with Crippen LogP contribution in [-0.2, 0) is 12.0 Å². The number of hydrogen-bond donors (Lipinski definition) is 1. The molecule has 3 aromatic carbocycles. The summed E-state index contributed by atoms with van der Waals surface area (Å²) in [7, 11) is 0. The van der Waals surface area contributed by atoms with Crippen LogP contribution in [0.25, 0.3) is 0 Å². The Morgan fingerprint density at radius 3 is 2.44 bits per heavy atom. The van der Waals surface area contributed by atoms with Crippen LogP contribution in [-0.4, -0.2) is 18.9 Å². The summed E-state index contributed by atoms with van der Waals surface area (Å²) in [4.78, 5) is 12.3.